The predicted octanol–water partition coefficient (Wildman–Crippen LogP) is 7.39. The van der Waals surface area contributed by atoms with Gasteiger partial charge in [-0.1, -0.05) is 61.9 Å². The number of benzene rings is 4. The minimum absolute atomic E-state index is 0.115. The second-order valence-electron chi connectivity index (χ2n) is 9.74. The molecule has 220 valence electrons. The molecule has 3 N–H and O–H groups in total. The number of anilines is 2. The van der Waals surface area contributed by atoms with Crippen molar-refractivity contribution in [1.82, 2.24) is 5.32 Å². The van der Waals surface area contributed by atoms with Gasteiger partial charge in [-0.2, -0.15) is 0 Å². The highest BCUT2D eigenvalue weighted by atomic mass is 32.2. The fourth-order valence-corrected chi connectivity index (χ4v) is 4.81. The van der Waals surface area contributed by atoms with E-state index in [1.54, 1.807) is 42.5 Å². The van der Waals surface area contributed by atoms with Crippen molar-refractivity contribution >= 4 is 46.9 Å². The molecule has 0 saturated heterocycles. The van der Waals surface area contributed by atoms with Gasteiger partial charge in [0, 0.05) is 21.8 Å². The van der Waals surface area contributed by atoms with Crippen molar-refractivity contribution in [3.8, 4) is 5.75 Å². The number of ether oxygens (including phenoxy) is 1. The monoisotopic (exact) mass is 593 g/mol. The summed E-state index contributed by atoms with van der Waals surface area (Å²) in [4.78, 5) is 39.7. The third-order valence-electron chi connectivity index (χ3n) is 6.32. The Labute approximate surface area is 256 Å². The summed E-state index contributed by atoms with van der Waals surface area (Å²) < 4.78 is 5.68. The topological polar surface area (TPSA) is 96.5 Å². The highest BCUT2D eigenvalue weighted by molar-refractivity contribution is 8.00. The lowest BCUT2D eigenvalue weighted by Gasteiger charge is -2.14. The number of rotatable bonds is 13. The maximum Gasteiger partial charge on any atom is 0.272 e. The smallest absolute Gasteiger partial charge is 0.272 e. The Morgan fingerprint density at radius 1 is 0.791 bits per heavy atom. The molecule has 3 amide bonds. The third-order valence-corrected chi connectivity index (χ3v) is 7.43. The molecular weight excluding hydrogens is 558 g/mol. The highest BCUT2D eigenvalue weighted by Gasteiger charge is 2.17. The number of carbonyl (C=O) groups excluding carboxylic acids is 3. The second-order valence-corrected chi connectivity index (χ2v) is 11.2. The summed E-state index contributed by atoms with van der Waals surface area (Å²) in [5.41, 5.74) is 2.60. The lowest BCUT2D eigenvalue weighted by molar-refractivity contribution is -0.115. The average molecular weight is 594 g/mol. The second kappa shape index (κ2) is 16.0. The van der Waals surface area contributed by atoms with E-state index in [1.807, 2.05) is 79.7 Å². The molecule has 4 aromatic rings. The molecule has 0 spiro atoms. The molecule has 1 atom stereocenters. The van der Waals surface area contributed by atoms with Crippen molar-refractivity contribution in [3.05, 3.63) is 126 Å². The fraction of sp³-hybridized carbons (Fsp3) is 0.171. The Balaban J connectivity index is 1.35. The molecule has 0 aliphatic carbocycles. The zero-order chi connectivity index (χ0) is 30.4. The molecule has 0 aliphatic heterocycles. The number of hydrogen-bond acceptors (Lipinski definition) is 5. The van der Waals surface area contributed by atoms with Crippen LogP contribution in [0.2, 0.25) is 0 Å². The summed E-state index contributed by atoms with van der Waals surface area (Å²) in [5.74, 6) is -0.176. The molecule has 0 radical (unpaired) electrons. The van der Waals surface area contributed by atoms with Gasteiger partial charge in [-0.15, -0.1) is 11.8 Å². The average Bonchev–Trinajstić information content (AvgIpc) is 3.03. The molecule has 1 unspecified atom stereocenters. The molecule has 43 heavy (non-hydrogen) atoms. The van der Waals surface area contributed by atoms with Crippen molar-refractivity contribution < 1.29 is 19.1 Å². The summed E-state index contributed by atoms with van der Waals surface area (Å²) in [6, 6.07) is 32.6. The van der Waals surface area contributed by atoms with Crippen LogP contribution >= 0.6 is 11.8 Å². The van der Waals surface area contributed by atoms with Crippen molar-refractivity contribution in [2.45, 2.75) is 36.8 Å². The fourth-order valence-electron chi connectivity index (χ4n) is 3.94. The molecule has 0 aromatic heterocycles. The molecule has 7 nitrogen and oxygen atoms in total. The van der Waals surface area contributed by atoms with Gasteiger partial charge >= 0.3 is 0 Å². The molecular formula is C35H35N3O4S. The number of hydrogen-bond donors (Lipinski definition) is 3. The Morgan fingerprint density at radius 2 is 1.40 bits per heavy atom. The first kappa shape index (κ1) is 31.1. The van der Waals surface area contributed by atoms with Gasteiger partial charge in [-0.25, -0.2) is 0 Å². The van der Waals surface area contributed by atoms with E-state index in [0.29, 0.717) is 23.5 Å². The van der Waals surface area contributed by atoms with E-state index in [-0.39, 0.29) is 22.8 Å². The van der Waals surface area contributed by atoms with Crippen molar-refractivity contribution in [2.75, 3.05) is 17.2 Å². The zero-order valence-corrected chi connectivity index (χ0v) is 25.0. The lowest BCUT2D eigenvalue weighted by Crippen LogP contribution is -2.30. The number of thioether (sulfide) groups is 1. The SMILES string of the molecule is CCCCOc1ccc(NC(=O)C(C)Sc2ccc(NC(=O)/C(=C/c3ccccc3)NC(=O)c3ccccc3)cc2)cc1. The van der Waals surface area contributed by atoms with Gasteiger partial charge in [0.1, 0.15) is 11.4 Å². The van der Waals surface area contributed by atoms with Crippen LogP contribution in [-0.2, 0) is 9.59 Å². The molecule has 0 bridgehead atoms. The standard InChI is InChI=1S/C35H35N3O4S/c1-3-4-23-42-30-19-15-28(16-20-30)36-33(39)25(2)43-31-21-17-29(18-22-31)37-35(41)32(24-26-11-7-5-8-12-26)38-34(40)27-13-9-6-10-14-27/h5-22,24-25H,3-4,23H2,1-2H3,(H,36,39)(H,37,41)(H,38,40)/b32-24-. The van der Waals surface area contributed by atoms with Crippen LogP contribution in [0.3, 0.4) is 0 Å². The van der Waals surface area contributed by atoms with Gasteiger partial charge in [0.15, 0.2) is 0 Å². The molecule has 4 aromatic carbocycles. The summed E-state index contributed by atoms with van der Waals surface area (Å²) in [6.07, 6.45) is 3.70. The van der Waals surface area contributed by atoms with Gasteiger partial charge < -0.3 is 20.7 Å². The maximum atomic E-state index is 13.2. The molecule has 0 saturated carbocycles. The van der Waals surface area contributed by atoms with E-state index < -0.39 is 5.91 Å². The van der Waals surface area contributed by atoms with E-state index in [2.05, 4.69) is 22.9 Å². The lowest BCUT2D eigenvalue weighted by atomic mass is 10.1. The Kier molecular flexibility index (Phi) is 11.6. The van der Waals surface area contributed by atoms with Gasteiger partial charge in [0.2, 0.25) is 5.91 Å². The first-order valence-corrected chi connectivity index (χ1v) is 15.0. The van der Waals surface area contributed by atoms with Gasteiger partial charge in [-0.3, -0.25) is 14.4 Å². The Bertz CT molecular complexity index is 1520. The van der Waals surface area contributed by atoms with Crippen LogP contribution < -0.4 is 20.7 Å². The highest BCUT2D eigenvalue weighted by Crippen LogP contribution is 2.26. The molecule has 0 aliphatic rings. The van der Waals surface area contributed by atoms with Crippen LogP contribution in [0, 0.1) is 0 Å². The first-order valence-electron chi connectivity index (χ1n) is 14.2. The third kappa shape index (κ3) is 9.90. The minimum Gasteiger partial charge on any atom is -0.494 e. The zero-order valence-electron chi connectivity index (χ0n) is 24.2. The normalized spacial score (nSPS) is 11.7. The van der Waals surface area contributed by atoms with E-state index in [4.69, 9.17) is 4.74 Å². The predicted molar refractivity (Wildman–Crippen MR) is 174 cm³/mol. The van der Waals surface area contributed by atoms with Gasteiger partial charge in [0.25, 0.3) is 11.8 Å². The van der Waals surface area contributed by atoms with Crippen molar-refractivity contribution in [3.63, 3.8) is 0 Å². The Morgan fingerprint density at radius 3 is 2.05 bits per heavy atom. The number of unbranched alkanes of at least 4 members (excludes halogenated alkanes) is 1. The number of nitrogens with one attached hydrogen (secondary N) is 3. The van der Waals surface area contributed by atoms with Crippen LogP contribution in [0.25, 0.3) is 6.08 Å². The van der Waals surface area contributed by atoms with Crippen LogP contribution in [-0.4, -0.2) is 29.6 Å². The van der Waals surface area contributed by atoms with E-state index in [1.165, 1.54) is 11.8 Å². The number of amides is 3. The molecule has 8 heteroatoms. The van der Waals surface area contributed by atoms with Crippen LogP contribution in [0.1, 0.15) is 42.6 Å². The van der Waals surface area contributed by atoms with Crippen molar-refractivity contribution in [1.29, 1.82) is 0 Å². The van der Waals surface area contributed by atoms with Crippen LogP contribution in [0.4, 0.5) is 11.4 Å². The van der Waals surface area contributed by atoms with Gasteiger partial charge in [0.05, 0.1) is 11.9 Å². The quantitative estimate of drug-likeness (QED) is 0.0853. The molecule has 0 heterocycles. The molecule has 0 fully saturated rings. The van der Waals surface area contributed by atoms with Crippen LogP contribution in [0.15, 0.2) is 120 Å². The Hall–Kier alpha value is -4.82. The first-order chi connectivity index (χ1) is 20.9. The summed E-state index contributed by atoms with van der Waals surface area (Å²) in [6.45, 7) is 4.63. The van der Waals surface area contributed by atoms with E-state index in [0.717, 1.165) is 29.1 Å². The summed E-state index contributed by atoms with van der Waals surface area (Å²) in [7, 11) is 0. The largest absolute Gasteiger partial charge is 0.494 e. The maximum absolute atomic E-state index is 13.2. The van der Waals surface area contributed by atoms with E-state index in [9.17, 15) is 14.4 Å². The number of carbonyl (C=O) groups is 3. The van der Waals surface area contributed by atoms with Gasteiger partial charge in [-0.05, 0) is 85.6 Å². The summed E-state index contributed by atoms with van der Waals surface area (Å²) >= 11 is 1.41. The minimum atomic E-state index is -0.455. The van der Waals surface area contributed by atoms with Crippen LogP contribution in [0.5, 0.6) is 5.75 Å². The summed E-state index contributed by atoms with van der Waals surface area (Å²) in [5, 5.41) is 8.18. The van der Waals surface area contributed by atoms with Crippen molar-refractivity contribution in [2.24, 2.45) is 0 Å². The van der Waals surface area contributed by atoms with E-state index >= 15 is 0 Å². The molecule has 4 rings (SSSR count).